The van der Waals surface area contributed by atoms with Crippen LogP contribution in [0, 0.1) is 5.92 Å². The highest BCUT2D eigenvalue weighted by Crippen LogP contribution is 2.29. The normalized spacial score (nSPS) is 22.3. The second kappa shape index (κ2) is 5.00. The summed E-state index contributed by atoms with van der Waals surface area (Å²) in [5.41, 5.74) is 1.58. The van der Waals surface area contributed by atoms with Gasteiger partial charge in [-0.25, -0.2) is 4.79 Å². The molecule has 2 heterocycles. The van der Waals surface area contributed by atoms with E-state index in [1.807, 2.05) is 30.3 Å². The molecule has 1 aromatic carbocycles. The molecule has 1 unspecified atom stereocenters. The van der Waals surface area contributed by atoms with Gasteiger partial charge >= 0.3 is 6.09 Å². The summed E-state index contributed by atoms with van der Waals surface area (Å²) in [4.78, 5) is 26.9. The highest BCUT2D eigenvalue weighted by Gasteiger charge is 2.30. The van der Waals surface area contributed by atoms with E-state index in [0.29, 0.717) is 26.1 Å². The molecule has 2 aliphatic heterocycles. The van der Waals surface area contributed by atoms with Gasteiger partial charge in [-0.3, -0.25) is 9.69 Å². The van der Waals surface area contributed by atoms with E-state index in [9.17, 15) is 9.59 Å². The van der Waals surface area contributed by atoms with Crippen molar-refractivity contribution in [2.45, 2.75) is 6.42 Å². The van der Waals surface area contributed by atoms with Crippen molar-refractivity contribution in [3.8, 4) is 0 Å². The lowest BCUT2D eigenvalue weighted by molar-refractivity contribution is -0.117. The molecule has 104 valence electrons. The van der Waals surface area contributed by atoms with E-state index in [1.165, 1.54) is 0 Å². The zero-order chi connectivity index (χ0) is 14.1. The van der Waals surface area contributed by atoms with Crippen LogP contribution in [-0.4, -0.2) is 31.7 Å². The molecule has 2 saturated heterocycles. The Balaban J connectivity index is 1.86. The topological polar surface area (TPSA) is 49.9 Å². The smallest absolute Gasteiger partial charge is 0.414 e. The van der Waals surface area contributed by atoms with Gasteiger partial charge in [-0.1, -0.05) is 12.1 Å². The molecule has 0 aliphatic carbocycles. The number of anilines is 2. The zero-order valence-electron chi connectivity index (χ0n) is 11.1. The Labute approximate surface area is 117 Å². The van der Waals surface area contributed by atoms with Gasteiger partial charge in [-0.05, 0) is 18.2 Å². The van der Waals surface area contributed by atoms with Crippen molar-refractivity contribution in [2.75, 3.05) is 29.5 Å². The molecule has 1 atom stereocenters. The Bertz CT molecular complexity index is 570. The summed E-state index contributed by atoms with van der Waals surface area (Å²) in [6, 6.07) is 7.44. The molecule has 20 heavy (non-hydrogen) atoms. The first kappa shape index (κ1) is 12.7. The van der Waals surface area contributed by atoms with E-state index in [2.05, 4.69) is 6.58 Å². The van der Waals surface area contributed by atoms with E-state index in [4.69, 9.17) is 4.74 Å². The van der Waals surface area contributed by atoms with Crippen molar-refractivity contribution in [3.63, 3.8) is 0 Å². The average molecular weight is 272 g/mol. The first-order valence-electron chi connectivity index (χ1n) is 6.66. The third kappa shape index (κ3) is 2.15. The Morgan fingerprint density at radius 1 is 1.25 bits per heavy atom. The van der Waals surface area contributed by atoms with Gasteiger partial charge < -0.3 is 9.64 Å². The fraction of sp³-hybridized carbons (Fsp3) is 0.333. The predicted molar refractivity (Wildman–Crippen MR) is 75.8 cm³/mol. The number of ether oxygens (including phenoxy) is 1. The first-order chi connectivity index (χ1) is 9.69. The number of carbonyl (C=O) groups is 2. The van der Waals surface area contributed by atoms with Crippen molar-refractivity contribution < 1.29 is 14.3 Å². The van der Waals surface area contributed by atoms with E-state index in [1.54, 1.807) is 9.80 Å². The van der Waals surface area contributed by atoms with Gasteiger partial charge in [0, 0.05) is 30.3 Å². The molecule has 0 saturated carbocycles. The lowest BCUT2D eigenvalue weighted by Gasteiger charge is -2.19. The lowest BCUT2D eigenvalue weighted by atomic mass is 10.1. The van der Waals surface area contributed by atoms with Crippen LogP contribution in [0.5, 0.6) is 0 Å². The minimum absolute atomic E-state index is 0.0936. The molecule has 5 heteroatoms. The van der Waals surface area contributed by atoms with Crippen molar-refractivity contribution in [1.82, 2.24) is 0 Å². The molecule has 0 spiro atoms. The number of hydrogen-bond donors (Lipinski definition) is 0. The van der Waals surface area contributed by atoms with E-state index in [0.717, 1.165) is 11.4 Å². The minimum Gasteiger partial charge on any atom is -0.447 e. The number of carbonyl (C=O) groups excluding carboxylic acids is 2. The van der Waals surface area contributed by atoms with Crippen LogP contribution < -0.4 is 9.80 Å². The molecule has 0 radical (unpaired) electrons. The lowest BCUT2D eigenvalue weighted by Crippen LogP contribution is -2.26. The van der Waals surface area contributed by atoms with Gasteiger partial charge in [0.15, 0.2) is 0 Å². The zero-order valence-corrected chi connectivity index (χ0v) is 11.1. The maximum absolute atomic E-state index is 12.0. The fourth-order valence-corrected chi connectivity index (χ4v) is 2.60. The molecule has 0 bridgehead atoms. The molecular weight excluding hydrogens is 256 g/mol. The SMILES string of the molecule is C=CC1CC(=O)N(c2cccc(N3CCOC3=O)c2)C1. The molecule has 0 aromatic heterocycles. The third-order valence-corrected chi connectivity index (χ3v) is 3.70. The van der Waals surface area contributed by atoms with E-state index < -0.39 is 0 Å². The molecule has 2 fully saturated rings. The largest absolute Gasteiger partial charge is 0.447 e. The van der Waals surface area contributed by atoms with Crippen LogP contribution in [0.2, 0.25) is 0 Å². The summed E-state index contributed by atoms with van der Waals surface area (Å²) in [5, 5.41) is 0. The molecule has 0 N–H and O–H groups in total. The van der Waals surface area contributed by atoms with Gasteiger partial charge in [0.05, 0.1) is 6.54 Å². The summed E-state index contributed by atoms with van der Waals surface area (Å²) in [6.07, 6.45) is 1.98. The average Bonchev–Trinajstić information content (AvgIpc) is 3.05. The molecule has 3 rings (SSSR count). The predicted octanol–water partition coefficient (Wildman–Crippen LogP) is 2.18. The molecule has 1 aromatic rings. The highest BCUT2D eigenvalue weighted by atomic mass is 16.6. The Morgan fingerprint density at radius 2 is 2.00 bits per heavy atom. The molecule has 2 amide bonds. The fourth-order valence-electron chi connectivity index (χ4n) is 2.60. The van der Waals surface area contributed by atoms with Crippen LogP contribution in [0.15, 0.2) is 36.9 Å². The van der Waals surface area contributed by atoms with Gasteiger partial charge in [0.1, 0.15) is 6.61 Å². The number of amides is 2. The summed E-state index contributed by atoms with van der Waals surface area (Å²) in [5.74, 6) is 0.291. The van der Waals surface area contributed by atoms with Crippen molar-refractivity contribution in [2.24, 2.45) is 5.92 Å². The van der Waals surface area contributed by atoms with Gasteiger partial charge in [-0.15, -0.1) is 6.58 Å². The number of rotatable bonds is 3. The second-order valence-electron chi connectivity index (χ2n) is 4.99. The van der Waals surface area contributed by atoms with Crippen LogP contribution in [0.4, 0.5) is 16.2 Å². The van der Waals surface area contributed by atoms with Crippen LogP contribution in [0.25, 0.3) is 0 Å². The number of cyclic esters (lactones) is 1. The standard InChI is InChI=1S/C15H16N2O3/c1-2-11-8-14(18)17(10-11)13-5-3-4-12(9-13)16-6-7-20-15(16)19/h2-5,9,11H,1,6-8,10H2. The number of benzene rings is 1. The van der Waals surface area contributed by atoms with E-state index >= 15 is 0 Å². The number of nitrogens with zero attached hydrogens (tertiary/aromatic N) is 2. The van der Waals surface area contributed by atoms with Crippen molar-refractivity contribution >= 4 is 23.4 Å². The Morgan fingerprint density at radius 3 is 2.60 bits per heavy atom. The molecule has 2 aliphatic rings. The van der Waals surface area contributed by atoms with Crippen molar-refractivity contribution in [1.29, 1.82) is 0 Å². The summed E-state index contributed by atoms with van der Waals surface area (Å²) >= 11 is 0. The highest BCUT2D eigenvalue weighted by molar-refractivity contribution is 5.97. The molecular formula is C15H16N2O3. The Hall–Kier alpha value is -2.30. The maximum Gasteiger partial charge on any atom is 0.414 e. The first-order valence-corrected chi connectivity index (χ1v) is 6.66. The van der Waals surface area contributed by atoms with Crippen LogP contribution in [-0.2, 0) is 9.53 Å². The van der Waals surface area contributed by atoms with Crippen molar-refractivity contribution in [3.05, 3.63) is 36.9 Å². The van der Waals surface area contributed by atoms with Crippen LogP contribution >= 0.6 is 0 Å². The number of hydrogen-bond acceptors (Lipinski definition) is 3. The minimum atomic E-state index is -0.334. The van der Waals surface area contributed by atoms with Gasteiger partial charge in [-0.2, -0.15) is 0 Å². The molecule has 5 nitrogen and oxygen atoms in total. The van der Waals surface area contributed by atoms with Gasteiger partial charge in [0.25, 0.3) is 0 Å². The summed E-state index contributed by atoms with van der Waals surface area (Å²) in [7, 11) is 0. The van der Waals surface area contributed by atoms with Crippen LogP contribution in [0.1, 0.15) is 6.42 Å². The van der Waals surface area contributed by atoms with Crippen LogP contribution in [0.3, 0.4) is 0 Å². The quantitative estimate of drug-likeness (QED) is 0.792. The monoisotopic (exact) mass is 272 g/mol. The summed E-state index contributed by atoms with van der Waals surface area (Å²) < 4.78 is 4.93. The maximum atomic E-state index is 12.0. The summed E-state index contributed by atoms with van der Waals surface area (Å²) in [6.45, 7) is 5.35. The Kier molecular flexibility index (Phi) is 3.18. The second-order valence-corrected chi connectivity index (χ2v) is 4.99. The van der Waals surface area contributed by atoms with Gasteiger partial charge in [0.2, 0.25) is 5.91 Å². The third-order valence-electron chi connectivity index (χ3n) is 3.70. The van der Waals surface area contributed by atoms with E-state index in [-0.39, 0.29) is 17.9 Å².